The highest BCUT2D eigenvalue weighted by atomic mass is 32.2. The molecule has 0 aromatic carbocycles. The van der Waals surface area contributed by atoms with Crippen molar-refractivity contribution in [2.45, 2.75) is 17.6 Å². The molecule has 2 aliphatic rings. The van der Waals surface area contributed by atoms with Gasteiger partial charge in [0.05, 0.1) is 13.2 Å². The SMILES string of the molecule is CNc1cc(N2CCC(N3CCOCC3)C2)nc(SC)n1. The minimum atomic E-state index is 0.625. The quantitative estimate of drug-likeness (QED) is 0.661. The van der Waals surface area contributed by atoms with E-state index in [0.29, 0.717) is 6.04 Å². The van der Waals surface area contributed by atoms with Crippen LogP contribution in [0, 0.1) is 0 Å². The molecule has 1 aromatic rings. The molecule has 6 nitrogen and oxygen atoms in total. The van der Waals surface area contributed by atoms with Gasteiger partial charge in [-0.1, -0.05) is 11.8 Å². The van der Waals surface area contributed by atoms with E-state index in [4.69, 9.17) is 4.74 Å². The molecule has 2 aliphatic heterocycles. The molecule has 3 heterocycles. The molecule has 0 aliphatic carbocycles. The van der Waals surface area contributed by atoms with Gasteiger partial charge in [0, 0.05) is 45.3 Å². The second-order valence-electron chi connectivity index (χ2n) is 5.38. The van der Waals surface area contributed by atoms with Crippen LogP contribution < -0.4 is 10.2 Å². The summed E-state index contributed by atoms with van der Waals surface area (Å²) in [6.07, 6.45) is 3.21. The number of anilines is 2. The molecular weight excluding hydrogens is 286 g/mol. The smallest absolute Gasteiger partial charge is 0.191 e. The Morgan fingerprint density at radius 2 is 2.10 bits per heavy atom. The molecular formula is C14H23N5OS. The highest BCUT2D eigenvalue weighted by molar-refractivity contribution is 7.98. The number of ether oxygens (including phenoxy) is 1. The van der Waals surface area contributed by atoms with Gasteiger partial charge in [-0.25, -0.2) is 9.97 Å². The summed E-state index contributed by atoms with van der Waals surface area (Å²) < 4.78 is 5.44. The van der Waals surface area contributed by atoms with Crippen molar-refractivity contribution < 1.29 is 4.74 Å². The third kappa shape index (κ3) is 3.41. The predicted molar refractivity (Wildman–Crippen MR) is 86.4 cm³/mol. The molecule has 2 saturated heterocycles. The van der Waals surface area contributed by atoms with E-state index in [1.165, 1.54) is 6.42 Å². The Balaban J connectivity index is 1.70. The highest BCUT2D eigenvalue weighted by Crippen LogP contribution is 2.25. The van der Waals surface area contributed by atoms with Gasteiger partial charge in [-0.15, -0.1) is 0 Å². The fourth-order valence-corrected chi connectivity index (χ4v) is 3.36. The van der Waals surface area contributed by atoms with E-state index in [9.17, 15) is 0 Å². The minimum Gasteiger partial charge on any atom is -0.379 e. The van der Waals surface area contributed by atoms with E-state index in [1.807, 2.05) is 19.4 Å². The van der Waals surface area contributed by atoms with Crippen LogP contribution in [0.4, 0.5) is 11.6 Å². The summed E-state index contributed by atoms with van der Waals surface area (Å²) in [7, 11) is 1.90. The molecule has 0 amide bonds. The average molecular weight is 309 g/mol. The van der Waals surface area contributed by atoms with Gasteiger partial charge in [0.2, 0.25) is 0 Å². The maximum absolute atomic E-state index is 5.44. The molecule has 0 saturated carbocycles. The molecule has 1 atom stereocenters. The molecule has 2 fully saturated rings. The van der Waals surface area contributed by atoms with Gasteiger partial charge in [0.15, 0.2) is 5.16 Å². The van der Waals surface area contributed by atoms with E-state index < -0.39 is 0 Å². The van der Waals surface area contributed by atoms with Crippen molar-refractivity contribution in [2.24, 2.45) is 0 Å². The van der Waals surface area contributed by atoms with Gasteiger partial charge in [0.25, 0.3) is 0 Å². The van der Waals surface area contributed by atoms with Crippen LogP contribution in [-0.2, 0) is 4.74 Å². The maximum Gasteiger partial charge on any atom is 0.191 e. The predicted octanol–water partition coefficient (Wildman–Crippen LogP) is 1.15. The first-order chi connectivity index (χ1) is 10.3. The molecule has 3 rings (SSSR count). The van der Waals surface area contributed by atoms with Crippen molar-refractivity contribution in [1.29, 1.82) is 0 Å². The van der Waals surface area contributed by atoms with Crippen LogP contribution in [0.5, 0.6) is 0 Å². The van der Waals surface area contributed by atoms with E-state index in [0.717, 1.165) is 56.2 Å². The summed E-state index contributed by atoms with van der Waals surface area (Å²) in [4.78, 5) is 14.0. The number of rotatable bonds is 4. The number of nitrogens with one attached hydrogen (secondary N) is 1. The van der Waals surface area contributed by atoms with Crippen molar-refractivity contribution >= 4 is 23.4 Å². The van der Waals surface area contributed by atoms with Crippen molar-refractivity contribution in [3.63, 3.8) is 0 Å². The molecule has 1 N–H and O–H groups in total. The van der Waals surface area contributed by atoms with E-state index in [1.54, 1.807) is 11.8 Å². The third-order valence-corrected chi connectivity index (χ3v) is 4.73. The molecule has 0 bridgehead atoms. The number of aromatic nitrogens is 2. The first-order valence-electron chi connectivity index (χ1n) is 7.47. The van der Waals surface area contributed by atoms with Gasteiger partial charge >= 0.3 is 0 Å². The monoisotopic (exact) mass is 309 g/mol. The van der Waals surface area contributed by atoms with Crippen molar-refractivity contribution in [1.82, 2.24) is 14.9 Å². The largest absolute Gasteiger partial charge is 0.379 e. The minimum absolute atomic E-state index is 0.625. The second kappa shape index (κ2) is 6.81. The number of hydrogen-bond donors (Lipinski definition) is 1. The van der Waals surface area contributed by atoms with Gasteiger partial charge in [-0.2, -0.15) is 0 Å². The zero-order valence-electron chi connectivity index (χ0n) is 12.7. The standard InChI is InChI=1S/C14H23N5OS/c1-15-12-9-13(17-14(16-12)21-2)19-4-3-11(10-19)18-5-7-20-8-6-18/h9,11H,3-8,10H2,1-2H3,(H,15,16,17). The summed E-state index contributed by atoms with van der Waals surface area (Å²) in [5.74, 6) is 1.92. The highest BCUT2D eigenvalue weighted by Gasteiger charge is 2.29. The van der Waals surface area contributed by atoms with Crippen LogP contribution in [0.3, 0.4) is 0 Å². The molecule has 0 spiro atoms. The molecule has 21 heavy (non-hydrogen) atoms. The average Bonchev–Trinajstić information content (AvgIpc) is 3.05. The molecule has 7 heteroatoms. The fraction of sp³-hybridized carbons (Fsp3) is 0.714. The number of thioether (sulfide) groups is 1. The van der Waals surface area contributed by atoms with E-state index >= 15 is 0 Å². The summed E-state index contributed by atoms with van der Waals surface area (Å²) in [5.41, 5.74) is 0. The van der Waals surface area contributed by atoms with Crippen LogP contribution >= 0.6 is 11.8 Å². The molecule has 0 radical (unpaired) electrons. The Morgan fingerprint density at radius 3 is 2.81 bits per heavy atom. The summed E-state index contributed by atoms with van der Waals surface area (Å²) in [6.45, 7) is 5.96. The summed E-state index contributed by atoms with van der Waals surface area (Å²) >= 11 is 1.58. The fourth-order valence-electron chi connectivity index (χ4n) is 2.98. The first kappa shape index (κ1) is 14.9. The third-order valence-electron chi connectivity index (χ3n) is 4.18. The van der Waals surface area contributed by atoms with Crippen molar-refractivity contribution in [2.75, 3.05) is 62.9 Å². The zero-order valence-corrected chi connectivity index (χ0v) is 13.5. The zero-order chi connectivity index (χ0) is 14.7. The van der Waals surface area contributed by atoms with Crippen molar-refractivity contribution in [3.8, 4) is 0 Å². The number of nitrogens with zero attached hydrogens (tertiary/aromatic N) is 4. The van der Waals surface area contributed by atoms with Gasteiger partial charge in [-0.05, 0) is 12.7 Å². The van der Waals surface area contributed by atoms with Gasteiger partial charge in [-0.3, -0.25) is 4.90 Å². The van der Waals surface area contributed by atoms with E-state index in [-0.39, 0.29) is 0 Å². The Hall–Kier alpha value is -1.05. The van der Waals surface area contributed by atoms with Crippen LogP contribution in [-0.4, -0.2) is 73.6 Å². The van der Waals surface area contributed by atoms with Crippen LogP contribution in [0.1, 0.15) is 6.42 Å². The second-order valence-corrected chi connectivity index (χ2v) is 6.16. The number of hydrogen-bond acceptors (Lipinski definition) is 7. The molecule has 1 aromatic heterocycles. The molecule has 116 valence electrons. The van der Waals surface area contributed by atoms with Crippen LogP contribution in [0.2, 0.25) is 0 Å². The number of morpholine rings is 1. The maximum atomic E-state index is 5.44. The summed E-state index contributed by atoms with van der Waals surface area (Å²) in [6, 6.07) is 2.67. The van der Waals surface area contributed by atoms with Crippen molar-refractivity contribution in [3.05, 3.63) is 6.07 Å². The lowest BCUT2D eigenvalue weighted by Crippen LogP contribution is -2.44. The first-order valence-corrected chi connectivity index (χ1v) is 8.70. The van der Waals surface area contributed by atoms with Crippen LogP contribution in [0.15, 0.2) is 11.2 Å². The molecule has 1 unspecified atom stereocenters. The normalized spacial score (nSPS) is 23.5. The lowest BCUT2D eigenvalue weighted by atomic mass is 10.2. The lowest BCUT2D eigenvalue weighted by Gasteiger charge is -2.32. The van der Waals surface area contributed by atoms with E-state index in [2.05, 4.69) is 25.1 Å². The Kier molecular flexibility index (Phi) is 4.82. The Labute approximate surface area is 130 Å². The lowest BCUT2D eigenvalue weighted by molar-refractivity contribution is 0.0209. The Bertz CT molecular complexity index is 458. The Morgan fingerprint density at radius 1 is 1.29 bits per heavy atom. The van der Waals surface area contributed by atoms with Crippen LogP contribution in [0.25, 0.3) is 0 Å². The van der Waals surface area contributed by atoms with Gasteiger partial charge < -0.3 is 15.0 Å². The topological polar surface area (TPSA) is 53.5 Å². The van der Waals surface area contributed by atoms with Gasteiger partial charge in [0.1, 0.15) is 11.6 Å². The summed E-state index contributed by atoms with van der Waals surface area (Å²) in [5, 5.41) is 3.95.